The van der Waals surface area contributed by atoms with Crippen LogP contribution in [0.5, 0.6) is 0 Å². The van der Waals surface area contributed by atoms with Gasteiger partial charge in [-0.3, -0.25) is 0 Å². The maximum absolute atomic E-state index is 2.52. The van der Waals surface area contributed by atoms with Gasteiger partial charge in [-0.25, -0.2) is 0 Å². The SMILES string of the molecule is CC1(C)c2c(-c3ccccc3)c(-c3ccccc3)c(-c3ccccc3)c(-c3ccccc3)c2C(C)(C)c2c(-c3ccccc3)c(-c3ccccc3)c(-c3ccccc3)c(-c3ccccc3)c21. The van der Waals surface area contributed by atoms with Crippen molar-refractivity contribution in [2.24, 2.45) is 0 Å². The van der Waals surface area contributed by atoms with Crippen LogP contribution in [0.2, 0.25) is 0 Å². The topological polar surface area (TPSA) is 0 Å². The highest BCUT2D eigenvalue weighted by Crippen LogP contribution is 2.65. The summed E-state index contributed by atoms with van der Waals surface area (Å²) in [6.45, 7) is 10.1. The van der Waals surface area contributed by atoms with E-state index in [1.165, 1.54) is 111 Å². The lowest BCUT2D eigenvalue weighted by Crippen LogP contribution is -2.39. The first-order valence-electron chi connectivity index (χ1n) is 23.3. The molecule has 0 fully saturated rings. The van der Waals surface area contributed by atoms with Crippen molar-refractivity contribution in [3.8, 4) is 89.0 Å². The van der Waals surface area contributed by atoms with Crippen LogP contribution in [0.4, 0.5) is 0 Å². The van der Waals surface area contributed by atoms with Gasteiger partial charge in [0.2, 0.25) is 0 Å². The van der Waals surface area contributed by atoms with Gasteiger partial charge < -0.3 is 0 Å². The summed E-state index contributed by atoms with van der Waals surface area (Å²) in [5, 5.41) is 0. The van der Waals surface area contributed by atoms with Gasteiger partial charge in [-0.1, -0.05) is 270 Å². The molecule has 0 bridgehead atoms. The largest absolute Gasteiger partial charge is 0.0622 e. The van der Waals surface area contributed by atoms with E-state index in [1.807, 2.05) is 0 Å². The van der Waals surface area contributed by atoms with Crippen LogP contribution < -0.4 is 0 Å². The Labute approximate surface area is 390 Å². The van der Waals surface area contributed by atoms with Gasteiger partial charge >= 0.3 is 0 Å². The summed E-state index contributed by atoms with van der Waals surface area (Å²) < 4.78 is 0. The zero-order valence-corrected chi connectivity index (χ0v) is 38.1. The Morgan fingerprint density at radius 1 is 0.167 bits per heavy atom. The molecule has 0 amide bonds. The maximum Gasteiger partial charge on any atom is 0.0165 e. The maximum atomic E-state index is 2.52. The monoisotopic (exact) mass is 844 g/mol. The summed E-state index contributed by atoms with van der Waals surface area (Å²) in [5.74, 6) is 0. The fourth-order valence-corrected chi connectivity index (χ4v) is 11.4. The Morgan fingerprint density at radius 2 is 0.288 bits per heavy atom. The van der Waals surface area contributed by atoms with Crippen molar-refractivity contribution < 1.29 is 0 Å². The molecule has 0 saturated carbocycles. The Morgan fingerprint density at radius 3 is 0.424 bits per heavy atom. The second kappa shape index (κ2) is 16.6. The van der Waals surface area contributed by atoms with Gasteiger partial charge in [-0.15, -0.1) is 0 Å². The molecule has 0 atom stereocenters. The van der Waals surface area contributed by atoms with E-state index in [1.54, 1.807) is 0 Å². The van der Waals surface area contributed by atoms with E-state index >= 15 is 0 Å². The average molecular weight is 845 g/mol. The predicted molar refractivity (Wildman–Crippen MR) is 281 cm³/mol. The number of rotatable bonds is 8. The summed E-state index contributed by atoms with van der Waals surface area (Å²) in [4.78, 5) is 0. The molecule has 0 heterocycles. The normalized spacial score (nSPS) is 13.4. The molecule has 0 radical (unpaired) electrons. The molecule has 0 nitrogen and oxygen atoms in total. The van der Waals surface area contributed by atoms with Crippen LogP contribution in [0.1, 0.15) is 49.9 Å². The lowest BCUT2D eigenvalue weighted by Gasteiger charge is -2.50. The van der Waals surface area contributed by atoms with Gasteiger partial charge in [0.05, 0.1) is 0 Å². The van der Waals surface area contributed by atoms with E-state index in [0.29, 0.717) is 0 Å². The Kier molecular flexibility index (Phi) is 10.3. The van der Waals surface area contributed by atoms with E-state index in [4.69, 9.17) is 0 Å². The summed E-state index contributed by atoms with van der Waals surface area (Å²) >= 11 is 0. The standard InChI is InChI=1S/C66H52/c1-65(2)61-57(49-37-21-9-22-38-49)53(45-29-13-5-14-30-45)55(47-33-17-7-18-34-47)59(51-41-25-11-26-42-51)63(61)66(3,4)64-60(52-43-27-12-28-44-52)56(48-35-19-8-20-36-48)54(46-31-15-6-16-32-46)58(62(64)65)50-39-23-10-24-40-50/h5-44H,1-4H3. The molecular formula is C66H52. The number of hydrogen-bond donors (Lipinski definition) is 0. The first-order valence-corrected chi connectivity index (χ1v) is 23.3. The van der Waals surface area contributed by atoms with E-state index in [-0.39, 0.29) is 0 Å². The smallest absolute Gasteiger partial charge is 0.0165 e. The number of hydrogen-bond acceptors (Lipinski definition) is 0. The molecule has 0 spiro atoms. The Balaban J connectivity index is 1.47. The van der Waals surface area contributed by atoms with Crippen LogP contribution in [-0.2, 0) is 10.8 Å². The second-order valence-electron chi connectivity index (χ2n) is 18.7. The van der Waals surface area contributed by atoms with Crippen molar-refractivity contribution in [3.05, 3.63) is 265 Å². The minimum absolute atomic E-state index is 0.554. The molecule has 1 aliphatic rings. The highest BCUT2D eigenvalue weighted by molar-refractivity contribution is 6.10. The molecule has 1 aliphatic carbocycles. The fourth-order valence-electron chi connectivity index (χ4n) is 11.4. The fraction of sp³-hybridized carbons (Fsp3) is 0.0909. The molecule has 316 valence electrons. The van der Waals surface area contributed by atoms with Crippen LogP contribution in [0, 0.1) is 0 Å². The quantitative estimate of drug-likeness (QED) is 0.143. The molecule has 0 saturated heterocycles. The Hall–Kier alpha value is -7.80. The van der Waals surface area contributed by atoms with Gasteiger partial charge in [-0.2, -0.15) is 0 Å². The van der Waals surface area contributed by atoms with Crippen LogP contribution in [0.15, 0.2) is 243 Å². The van der Waals surface area contributed by atoms with Crippen molar-refractivity contribution in [2.75, 3.05) is 0 Å². The van der Waals surface area contributed by atoms with Crippen LogP contribution in [-0.4, -0.2) is 0 Å². The predicted octanol–water partition coefficient (Wildman–Crippen LogP) is 18.0. The lowest BCUT2D eigenvalue weighted by molar-refractivity contribution is 0.526. The minimum atomic E-state index is -0.554. The van der Waals surface area contributed by atoms with E-state index in [2.05, 4.69) is 270 Å². The van der Waals surface area contributed by atoms with Crippen molar-refractivity contribution >= 4 is 0 Å². The average Bonchev–Trinajstić information content (AvgIpc) is 3.38. The van der Waals surface area contributed by atoms with Crippen LogP contribution in [0.3, 0.4) is 0 Å². The second-order valence-corrected chi connectivity index (χ2v) is 18.7. The van der Waals surface area contributed by atoms with Gasteiger partial charge in [-0.05, 0) is 111 Å². The molecule has 10 aromatic carbocycles. The van der Waals surface area contributed by atoms with Crippen LogP contribution in [0.25, 0.3) is 89.0 Å². The molecule has 0 heteroatoms. The molecule has 10 aromatic rings. The minimum Gasteiger partial charge on any atom is -0.0622 e. The zero-order chi connectivity index (χ0) is 44.8. The molecule has 0 aromatic heterocycles. The van der Waals surface area contributed by atoms with Crippen molar-refractivity contribution in [2.45, 2.75) is 38.5 Å². The molecule has 66 heavy (non-hydrogen) atoms. The van der Waals surface area contributed by atoms with E-state index in [0.717, 1.165) is 0 Å². The molecular weight excluding hydrogens is 793 g/mol. The first-order chi connectivity index (χ1) is 32.4. The third-order valence-electron chi connectivity index (χ3n) is 14.0. The number of fused-ring (bicyclic) bond motifs is 2. The van der Waals surface area contributed by atoms with Gasteiger partial charge in [0.1, 0.15) is 0 Å². The highest BCUT2D eigenvalue weighted by Gasteiger charge is 2.50. The number of benzene rings is 10. The highest BCUT2D eigenvalue weighted by atomic mass is 14.5. The van der Waals surface area contributed by atoms with Gasteiger partial charge in [0.25, 0.3) is 0 Å². The summed E-state index contributed by atoms with van der Waals surface area (Å²) in [6, 6.07) is 89.6. The van der Waals surface area contributed by atoms with E-state index < -0.39 is 10.8 Å². The van der Waals surface area contributed by atoms with E-state index in [9.17, 15) is 0 Å². The third-order valence-corrected chi connectivity index (χ3v) is 14.0. The van der Waals surface area contributed by atoms with Crippen molar-refractivity contribution in [3.63, 3.8) is 0 Å². The van der Waals surface area contributed by atoms with Crippen molar-refractivity contribution in [1.82, 2.24) is 0 Å². The lowest BCUT2D eigenvalue weighted by atomic mass is 9.52. The Bertz CT molecular complexity index is 2860. The summed E-state index contributed by atoms with van der Waals surface area (Å²) in [6.07, 6.45) is 0. The molecule has 0 N–H and O–H groups in total. The van der Waals surface area contributed by atoms with Gasteiger partial charge in [0.15, 0.2) is 0 Å². The summed E-state index contributed by atoms with van der Waals surface area (Å²) in [5.41, 5.74) is 24.2. The molecule has 11 rings (SSSR count). The molecule has 0 aliphatic heterocycles. The molecule has 0 unspecified atom stereocenters. The summed E-state index contributed by atoms with van der Waals surface area (Å²) in [7, 11) is 0. The van der Waals surface area contributed by atoms with Crippen molar-refractivity contribution in [1.29, 1.82) is 0 Å². The zero-order valence-electron chi connectivity index (χ0n) is 38.1. The van der Waals surface area contributed by atoms with Gasteiger partial charge in [0, 0.05) is 10.8 Å². The first kappa shape index (κ1) is 40.9. The third kappa shape index (κ3) is 6.67. The van der Waals surface area contributed by atoms with Crippen LogP contribution >= 0.6 is 0 Å².